The molecule has 1 saturated heterocycles. The predicted molar refractivity (Wildman–Crippen MR) is 220 cm³/mol. The molecular formula is C42H48N2O11P2. The summed E-state index contributed by atoms with van der Waals surface area (Å²) in [6.45, 7) is 12.6. The Kier molecular flexibility index (Phi) is 15.8. The van der Waals surface area contributed by atoms with Crippen LogP contribution in [0.25, 0.3) is 0 Å². The van der Waals surface area contributed by atoms with E-state index < -0.39 is 56.1 Å². The first-order valence-corrected chi connectivity index (χ1v) is 20.5. The Labute approximate surface area is 332 Å². The molecular weight excluding hydrogens is 770 g/mol. The third-order valence-corrected chi connectivity index (χ3v) is 11.4. The summed E-state index contributed by atoms with van der Waals surface area (Å²) in [4.78, 5) is 67.0. The van der Waals surface area contributed by atoms with Crippen molar-refractivity contribution in [2.75, 3.05) is 6.61 Å². The van der Waals surface area contributed by atoms with Gasteiger partial charge in [-0.1, -0.05) is 81.4 Å². The second-order valence-corrected chi connectivity index (χ2v) is 16.2. The molecule has 5 aromatic rings. The van der Waals surface area contributed by atoms with E-state index in [0.29, 0.717) is 16.7 Å². The predicted octanol–water partition coefficient (Wildman–Crippen LogP) is 5.45. The molecule has 57 heavy (non-hydrogen) atoms. The molecule has 0 spiro atoms. The highest BCUT2D eigenvalue weighted by molar-refractivity contribution is 7.55. The number of nitrogens with zero attached hydrogens (tertiary/aromatic N) is 1. The van der Waals surface area contributed by atoms with E-state index in [4.69, 9.17) is 19.3 Å². The molecule has 0 bridgehead atoms. The van der Waals surface area contributed by atoms with E-state index >= 15 is 0 Å². The summed E-state index contributed by atoms with van der Waals surface area (Å²) in [6, 6.07) is 28.3. The molecule has 6 rings (SSSR count). The summed E-state index contributed by atoms with van der Waals surface area (Å²) in [5.41, 5.74) is 5.93. The molecule has 13 nitrogen and oxygen atoms in total. The highest BCUT2D eigenvalue weighted by Crippen LogP contribution is 2.38. The van der Waals surface area contributed by atoms with Gasteiger partial charge >= 0.3 is 25.5 Å². The summed E-state index contributed by atoms with van der Waals surface area (Å²) in [5.74, 6) is -1.21. The minimum atomic E-state index is -4.67. The first-order chi connectivity index (χ1) is 26.9. The van der Waals surface area contributed by atoms with Gasteiger partial charge in [0, 0.05) is 18.2 Å². The number of aryl methyl sites for hydroxylation is 3. The summed E-state index contributed by atoms with van der Waals surface area (Å²) in [7, 11) is -3.89. The van der Waals surface area contributed by atoms with Crippen LogP contribution in [-0.4, -0.2) is 55.2 Å². The van der Waals surface area contributed by atoms with Crippen LogP contribution in [0.1, 0.15) is 72.3 Å². The number of phosphoric acid groups is 1. The average molecular weight is 819 g/mol. The number of rotatable bonds is 8. The second-order valence-electron chi connectivity index (χ2n) is 13.6. The topological polar surface area (TPSA) is 194 Å². The largest absolute Gasteiger partial charge is 0.469 e. The molecule has 1 aliphatic rings. The number of hydrogen-bond acceptors (Lipinski definition) is 9. The molecule has 0 unspecified atom stereocenters. The smallest absolute Gasteiger partial charge is 0.390 e. The molecule has 3 atom stereocenters. The number of phosphoric ester groups is 1. The number of carbonyl (C=O) groups excluding carboxylic acids is 2. The van der Waals surface area contributed by atoms with E-state index in [9.17, 15) is 28.8 Å². The van der Waals surface area contributed by atoms with E-state index in [-0.39, 0.29) is 6.42 Å². The monoisotopic (exact) mass is 818 g/mol. The lowest BCUT2D eigenvalue weighted by molar-refractivity contribution is -0.0451. The van der Waals surface area contributed by atoms with Crippen molar-refractivity contribution in [3.8, 4) is 0 Å². The van der Waals surface area contributed by atoms with Crippen LogP contribution in [0.15, 0.2) is 101 Å². The second kappa shape index (κ2) is 20.0. The van der Waals surface area contributed by atoms with Crippen molar-refractivity contribution < 1.29 is 43.0 Å². The number of nitrogens with one attached hydrogen (secondary N) is 1. The zero-order chi connectivity index (χ0) is 42.0. The minimum Gasteiger partial charge on any atom is -0.390 e. The number of aromatic nitrogens is 2. The highest BCUT2D eigenvalue weighted by Gasteiger charge is 2.37. The van der Waals surface area contributed by atoms with Crippen molar-refractivity contribution in [3.63, 3.8) is 0 Å². The van der Waals surface area contributed by atoms with Gasteiger partial charge in [-0.2, -0.15) is 0 Å². The standard InChI is InChI=1S/C20H22O3.C12H11P.C10H15N2O8P/c1-11-7-9-17(15(5)13(11)3)19(21)23-20(22)18-10-8-12(2)14(4)16(18)6;1-3-7-11(8-4-1)13-12-9-5-2-6-10-12;1-5-3-12(10(15)11-9(5)14)8-2-6(13)7(20-8)4-19-21(16,17)18/h7-10H,1-6H3;1-10,13H;3,6-8,13H,2,4H2,1H3,(H,11,14,15)(H2,16,17,18)/t;;6-,7+,8+/m..0/s1. The van der Waals surface area contributed by atoms with Gasteiger partial charge in [0.2, 0.25) is 0 Å². The van der Waals surface area contributed by atoms with E-state index in [0.717, 1.165) is 46.5 Å². The summed E-state index contributed by atoms with van der Waals surface area (Å²) >= 11 is 0. The van der Waals surface area contributed by atoms with Crippen molar-refractivity contribution >= 4 is 39.0 Å². The summed E-state index contributed by atoms with van der Waals surface area (Å²) in [6.07, 6.45) is -1.57. The van der Waals surface area contributed by atoms with Crippen LogP contribution in [0.4, 0.5) is 0 Å². The fourth-order valence-electron chi connectivity index (χ4n) is 5.76. The van der Waals surface area contributed by atoms with Crippen LogP contribution >= 0.6 is 16.4 Å². The summed E-state index contributed by atoms with van der Waals surface area (Å²) < 4.78 is 26.5. The van der Waals surface area contributed by atoms with Crippen molar-refractivity contribution in [2.45, 2.75) is 73.3 Å². The molecule has 0 saturated carbocycles. The van der Waals surface area contributed by atoms with Crippen molar-refractivity contribution in [2.24, 2.45) is 0 Å². The molecule has 2 heterocycles. The first kappa shape index (κ1) is 44.9. The summed E-state index contributed by atoms with van der Waals surface area (Å²) in [5, 5.41) is 12.6. The lowest BCUT2D eigenvalue weighted by Gasteiger charge is -2.16. The van der Waals surface area contributed by atoms with Crippen LogP contribution in [0.2, 0.25) is 0 Å². The van der Waals surface area contributed by atoms with Gasteiger partial charge in [0.05, 0.1) is 23.8 Å². The normalized spacial score (nSPS) is 16.1. The van der Waals surface area contributed by atoms with Gasteiger partial charge < -0.3 is 24.4 Å². The van der Waals surface area contributed by atoms with Crippen LogP contribution < -0.4 is 21.9 Å². The van der Waals surface area contributed by atoms with E-state index in [1.807, 2.05) is 53.7 Å². The maximum atomic E-state index is 12.3. The molecule has 4 N–H and O–H groups in total. The number of aliphatic hydroxyl groups excluding tert-OH is 1. The molecule has 0 amide bonds. The Bertz CT molecular complexity index is 2250. The molecule has 1 fully saturated rings. The van der Waals surface area contributed by atoms with Crippen LogP contribution in [0, 0.1) is 48.5 Å². The number of ether oxygens (including phenoxy) is 2. The molecule has 1 aliphatic heterocycles. The number of benzene rings is 4. The third kappa shape index (κ3) is 12.6. The maximum absolute atomic E-state index is 12.3. The van der Waals surface area contributed by atoms with Gasteiger partial charge in [-0.3, -0.25) is 18.9 Å². The highest BCUT2D eigenvalue weighted by atomic mass is 31.2. The van der Waals surface area contributed by atoms with Crippen molar-refractivity contribution in [3.05, 3.63) is 162 Å². The molecule has 302 valence electrons. The van der Waals surface area contributed by atoms with Gasteiger partial charge in [-0.25, -0.2) is 18.9 Å². The third-order valence-electron chi connectivity index (χ3n) is 9.64. The van der Waals surface area contributed by atoms with Gasteiger partial charge in [-0.05, 0) is 105 Å². The Hall–Kier alpha value is -4.84. The van der Waals surface area contributed by atoms with Crippen LogP contribution in [0.3, 0.4) is 0 Å². The van der Waals surface area contributed by atoms with Gasteiger partial charge in [0.15, 0.2) is 0 Å². The molecule has 1 aromatic heterocycles. The molecule has 0 radical (unpaired) electrons. The number of H-pyrrole nitrogens is 1. The van der Waals surface area contributed by atoms with E-state index in [1.54, 1.807) is 12.1 Å². The van der Waals surface area contributed by atoms with Crippen LogP contribution in [-0.2, 0) is 18.6 Å². The fourth-order valence-corrected chi connectivity index (χ4v) is 7.16. The zero-order valence-electron chi connectivity index (χ0n) is 32.8. The zero-order valence-corrected chi connectivity index (χ0v) is 34.7. The van der Waals surface area contributed by atoms with Crippen LogP contribution in [0.5, 0.6) is 0 Å². The number of hydrogen-bond donors (Lipinski definition) is 4. The number of carbonyl (C=O) groups is 2. The minimum absolute atomic E-state index is 0.0283. The number of aromatic amines is 1. The van der Waals surface area contributed by atoms with E-state index in [1.165, 1.54) is 23.7 Å². The SMILES string of the molecule is Cc1ccc(C(=O)OC(=O)c2ccc(C)c(C)c2C)c(C)c1C.Cc1cn([C@H]2C[C@H](O)[C@@H](COP(=O)(O)O)O2)c(=O)[nH]c1=O.c1ccc(Pc2ccccc2)cc1. The lowest BCUT2D eigenvalue weighted by Crippen LogP contribution is -2.33. The molecule has 4 aromatic carbocycles. The Morgan fingerprint density at radius 1 is 0.754 bits per heavy atom. The maximum Gasteiger partial charge on any atom is 0.469 e. The van der Waals surface area contributed by atoms with Gasteiger partial charge in [0.1, 0.15) is 12.3 Å². The number of aliphatic hydroxyl groups is 1. The average Bonchev–Trinajstić information content (AvgIpc) is 3.54. The van der Waals surface area contributed by atoms with Crippen molar-refractivity contribution in [1.82, 2.24) is 9.55 Å². The Morgan fingerprint density at radius 3 is 1.68 bits per heavy atom. The van der Waals surface area contributed by atoms with Gasteiger partial charge in [0.25, 0.3) is 5.56 Å². The van der Waals surface area contributed by atoms with E-state index in [2.05, 4.69) is 70.2 Å². The molecule has 0 aliphatic carbocycles. The first-order valence-electron chi connectivity index (χ1n) is 18.0. The Balaban J connectivity index is 0.000000196. The lowest BCUT2D eigenvalue weighted by atomic mass is 9.98. The Morgan fingerprint density at radius 2 is 1.23 bits per heavy atom. The van der Waals surface area contributed by atoms with Crippen molar-refractivity contribution in [1.29, 1.82) is 0 Å². The number of esters is 2. The molecule has 15 heteroatoms. The van der Waals surface area contributed by atoms with Gasteiger partial charge in [-0.15, -0.1) is 0 Å². The quantitative estimate of drug-likeness (QED) is 0.0884. The fraction of sp³-hybridized carbons (Fsp3) is 0.286.